The number of ether oxygens (including phenoxy) is 1. The van der Waals surface area contributed by atoms with Crippen LogP contribution < -0.4 is 15.4 Å². The molecule has 2 aromatic carbocycles. The largest absolute Gasteiger partial charge is 0.496 e. The quantitative estimate of drug-likeness (QED) is 0.737. The molecule has 2 N–H and O–H groups in total. The molecule has 122 valence electrons. The minimum Gasteiger partial charge on any atom is -0.496 e. The molecule has 0 spiro atoms. The average molecular weight is 312 g/mol. The molecule has 0 radical (unpaired) electrons. The number of para-hydroxylation sites is 1. The summed E-state index contributed by atoms with van der Waals surface area (Å²) in [6.45, 7) is 4.00. The number of carbonyl (C=O) groups is 1. The number of hydrogen-bond acceptors (Lipinski definition) is 3. The van der Waals surface area contributed by atoms with E-state index in [1.165, 1.54) is 11.1 Å². The fraction of sp³-hybridized carbons (Fsp3) is 0.316. The van der Waals surface area contributed by atoms with Gasteiger partial charge in [0.15, 0.2) is 0 Å². The number of hydrogen-bond donors (Lipinski definition) is 2. The van der Waals surface area contributed by atoms with Crippen molar-refractivity contribution < 1.29 is 9.53 Å². The standard InChI is InChI=1S/C19H24N2O2/c1-15-7-9-16(10-8-15)13-20-12-11-19(22)21-14-17-5-3-4-6-18(17)23-2/h3-10,20H,11-14H2,1-2H3,(H,21,22). The molecule has 0 atom stereocenters. The molecule has 0 aliphatic carbocycles. The normalized spacial score (nSPS) is 10.3. The molecule has 23 heavy (non-hydrogen) atoms. The second kappa shape index (κ2) is 8.96. The molecule has 0 bridgehead atoms. The van der Waals surface area contributed by atoms with Gasteiger partial charge in [-0.1, -0.05) is 48.0 Å². The van der Waals surface area contributed by atoms with Crippen LogP contribution in [0, 0.1) is 6.92 Å². The van der Waals surface area contributed by atoms with Crippen molar-refractivity contribution in [2.75, 3.05) is 13.7 Å². The minimum atomic E-state index is 0.0345. The topological polar surface area (TPSA) is 50.4 Å². The zero-order chi connectivity index (χ0) is 16.5. The molecule has 0 saturated carbocycles. The van der Waals surface area contributed by atoms with Gasteiger partial charge in [0.25, 0.3) is 0 Å². The van der Waals surface area contributed by atoms with E-state index in [9.17, 15) is 4.79 Å². The second-order valence-corrected chi connectivity index (χ2v) is 5.50. The van der Waals surface area contributed by atoms with Gasteiger partial charge in [0.1, 0.15) is 5.75 Å². The summed E-state index contributed by atoms with van der Waals surface area (Å²) in [6, 6.07) is 16.1. The summed E-state index contributed by atoms with van der Waals surface area (Å²) >= 11 is 0. The van der Waals surface area contributed by atoms with E-state index in [0.717, 1.165) is 17.9 Å². The van der Waals surface area contributed by atoms with Gasteiger partial charge in [-0.3, -0.25) is 4.79 Å². The minimum absolute atomic E-state index is 0.0345. The lowest BCUT2D eigenvalue weighted by Gasteiger charge is -2.10. The van der Waals surface area contributed by atoms with Gasteiger partial charge in [-0.15, -0.1) is 0 Å². The molecular formula is C19H24N2O2. The maximum Gasteiger partial charge on any atom is 0.221 e. The highest BCUT2D eigenvalue weighted by Crippen LogP contribution is 2.16. The van der Waals surface area contributed by atoms with Gasteiger partial charge < -0.3 is 15.4 Å². The molecule has 0 aromatic heterocycles. The van der Waals surface area contributed by atoms with E-state index in [1.807, 2.05) is 24.3 Å². The monoisotopic (exact) mass is 312 g/mol. The van der Waals surface area contributed by atoms with Crippen LogP contribution in [-0.2, 0) is 17.9 Å². The number of carbonyl (C=O) groups excluding carboxylic acids is 1. The Morgan fingerprint density at radius 2 is 1.78 bits per heavy atom. The van der Waals surface area contributed by atoms with Gasteiger partial charge in [0.05, 0.1) is 7.11 Å². The van der Waals surface area contributed by atoms with Gasteiger partial charge in [-0.2, -0.15) is 0 Å². The van der Waals surface area contributed by atoms with E-state index in [4.69, 9.17) is 4.74 Å². The zero-order valence-corrected chi connectivity index (χ0v) is 13.8. The number of amides is 1. The average Bonchev–Trinajstić information content (AvgIpc) is 2.58. The predicted molar refractivity (Wildman–Crippen MR) is 92.3 cm³/mol. The fourth-order valence-corrected chi connectivity index (χ4v) is 2.27. The van der Waals surface area contributed by atoms with Crippen LogP contribution in [0.15, 0.2) is 48.5 Å². The third-order valence-electron chi connectivity index (χ3n) is 3.65. The Hall–Kier alpha value is -2.33. The Kier molecular flexibility index (Phi) is 6.63. The van der Waals surface area contributed by atoms with Crippen LogP contribution in [0.3, 0.4) is 0 Å². The predicted octanol–water partition coefficient (Wildman–Crippen LogP) is 2.80. The molecule has 0 aliphatic heterocycles. The SMILES string of the molecule is COc1ccccc1CNC(=O)CCNCc1ccc(C)cc1. The van der Waals surface area contributed by atoms with Crippen LogP contribution in [-0.4, -0.2) is 19.6 Å². The Bertz CT molecular complexity index is 624. The van der Waals surface area contributed by atoms with Gasteiger partial charge in [0.2, 0.25) is 5.91 Å². The summed E-state index contributed by atoms with van der Waals surface area (Å²) in [7, 11) is 1.63. The first-order valence-electron chi connectivity index (χ1n) is 7.84. The van der Waals surface area contributed by atoms with E-state index >= 15 is 0 Å². The molecule has 0 aliphatic rings. The van der Waals surface area contributed by atoms with Crippen LogP contribution in [0.4, 0.5) is 0 Å². The molecule has 0 heterocycles. The van der Waals surface area contributed by atoms with Gasteiger partial charge >= 0.3 is 0 Å². The van der Waals surface area contributed by atoms with Crippen LogP contribution in [0.5, 0.6) is 5.75 Å². The molecule has 2 aromatic rings. The maximum atomic E-state index is 11.9. The smallest absolute Gasteiger partial charge is 0.221 e. The molecule has 1 amide bonds. The number of aryl methyl sites for hydroxylation is 1. The lowest BCUT2D eigenvalue weighted by molar-refractivity contribution is -0.121. The lowest BCUT2D eigenvalue weighted by Crippen LogP contribution is -2.27. The Labute approximate surface area is 137 Å². The maximum absolute atomic E-state index is 11.9. The van der Waals surface area contributed by atoms with Crippen molar-refractivity contribution in [2.45, 2.75) is 26.4 Å². The van der Waals surface area contributed by atoms with Crippen molar-refractivity contribution in [2.24, 2.45) is 0 Å². The van der Waals surface area contributed by atoms with Crippen molar-refractivity contribution in [3.63, 3.8) is 0 Å². The first-order chi connectivity index (χ1) is 11.2. The third-order valence-corrected chi connectivity index (χ3v) is 3.65. The Morgan fingerprint density at radius 3 is 2.52 bits per heavy atom. The summed E-state index contributed by atoms with van der Waals surface area (Å²) in [4.78, 5) is 11.9. The highest BCUT2D eigenvalue weighted by molar-refractivity contribution is 5.76. The van der Waals surface area contributed by atoms with Gasteiger partial charge in [-0.05, 0) is 18.6 Å². The van der Waals surface area contributed by atoms with E-state index in [1.54, 1.807) is 7.11 Å². The van der Waals surface area contributed by atoms with E-state index in [2.05, 4.69) is 41.8 Å². The van der Waals surface area contributed by atoms with Crippen molar-refractivity contribution >= 4 is 5.91 Å². The second-order valence-electron chi connectivity index (χ2n) is 5.50. The van der Waals surface area contributed by atoms with E-state index in [0.29, 0.717) is 19.5 Å². The fourth-order valence-electron chi connectivity index (χ4n) is 2.27. The number of benzene rings is 2. The zero-order valence-electron chi connectivity index (χ0n) is 13.8. The third kappa shape index (κ3) is 5.75. The van der Waals surface area contributed by atoms with Crippen LogP contribution >= 0.6 is 0 Å². The first-order valence-corrected chi connectivity index (χ1v) is 7.84. The molecule has 4 heteroatoms. The van der Waals surface area contributed by atoms with Crippen molar-refractivity contribution in [3.8, 4) is 5.75 Å². The number of rotatable bonds is 8. The summed E-state index contributed by atoms with van der Waals surface area (Å²) < 4.78 is 5.27. The Morgan fingerprint density at radius 1 is 1.04 bits per heavy atom. The summed E-state index contributed by atoms with van der Waals surface area (Å²) in [5.41, 5.74) is 3.46. The summed E-state index contributed by atoms with van der Waals surface area (Å²) in [5.74, 6) is 0.831. The Balaban J connectivity index is 1.66. The molecule has 0 saturated heterocycles. The van der Waals surface area contributed by atoms with Crippen LogP contribution in [0.25, 0.3) is 0 Å². The lowest BCUT2D eigenvalue weighted by atomic mass is 10.1. The van der Waals surface area contributed by atoms with Crippen molar-refractivity contribution in [3.05, 3.63) is 65.2 Å². The number of nitrogens with one attached hydrogen (secondary N) is 2. The van der Waals surface area contributed by atoms with Gasteiger partial charge in [-0.25, -0.2) is 0 Å². The first kappa shape index (κ1) is 17.0. The van der Waals surface area contributed by atoms with Crippen LogP contribution in [0.1, 0.15) is 23.1 Å². The van der Waals surface area contributed by atoms with Crippen molar-refractivity contribution in [1.29, 1.82) is 0 Å². The van der Waals surface area contributed by atoms with Crippen molar-refractivity contribution in [1.82, 2.24) is 10.6 Å². The summed E-state index contributed by atoms with van der Waals surface area (Å²) in [5, 5.41) is 6.21. The van der Waals surface area contributed by atoms with E-state index < -0.39 is 0 Å². The highest BCUT2D eigenvalue weighted by atomic mass is 16.5. The number of methoxy groups -OCH3 is 1. The molecule has 2 rings (SSSR count). The van der Waals surface area contributed by atoms with Crippen LogP contribution in [0.2, 0.25) is 0 Å². The molecule has 4 nitrogen and oxygen atoms in total. The molecular weight excluding hydrogens is 288 g/mol. The molecule has 0 fully saturated rings. The summed E-state index contributed by atoms with van der Waals surface area (Å²) in [6.07, 6.45) is 0.459. The van der Waals surface area contributed by atoms with Gasteiger partial charge in [0, 0.05) is 31.6 Å². The van der Waals surface area contributed by atoms with E-state index in [-0.39, 0.29) is 5.91 Å². The molecule has 0 unspecified atom stereocenters. The highest BCUT2D eigenvalue weighted by Gasteiger charge is 2.04.